The first-order valence-corrected chi connectivity index (χ1v) is 5.90. The molecule has 0 amide bonds. The maximum Gasteiger partial charge on any atom is 0.309 e. The lowest BCUT2D eigenvalue weighted by Crippen LogP contribution is -2.29. The van der Waals surface area contributed by atoms with E-state index >= 15 is 0 Å². The van der Waals surface area contributed by atoms with E-state index in [2.05, 4.69) is 4.74 Å². The van der Waals surface area contributed by atoms with Crippen molar-refractivity contribution >= 4 is 11.9 Å². The van der Waals surface area contributed by atoms with Crippen LogP contribution in [-0.4, -0.2) is 24.2 Å². The van der Waals surface area contributed by atoms with Gasteiger partial charge in [-0.25, -0.2) is 0 Å². The molecule has 0 spiro atoms. The fourth-order valence-electron chi connectivity index (χ4n) is 1.86. The number of hydrogen-bond donors (Lipinski definition) is 1. The molecule has 18 heavy (non-hydrogen) atoms. The van der Waals surface area contributed by atoms with Gasteiger partial charge in [0, 0.05) is 0 Å². The van der Waals surface area contributed by atoms with E-state index in [0.29, 0.717) is 12.8 Å². The molecule has 1 unspecified atom stereocenters. The van der Waals surface area contributed by atoms with E-state index in [1.54, 1.807) is 0 Å². The number of carbonyl (C=O) groups is 2. The summed E-state index contributed by atoms with van der Waals surface area (Å²) in [5, 5.41) is 8.99. The molecule has 0 aromatic heterocycles. The highest BCUT2D eigenvalue weighted by molar-refractivity contribution is 5.80. The van der Waals surface area contributed by atoms with Crippen molar-refractivity contribution in [3.05, 3.63) is 35.9 Å². The Labute approximate surface area is 107 Å². The van der Waals surface area contributed by atoms with E-state index in [1.807, 2.05) is 30.3 Å². The van der Waals surface area contributed by atoms with Crippen LogP contribution in [-0.2, 0) is 20.7 Å². The van der Waals surface area contributed by atoms with Gasteiger partial charge >= 0.3 is 11.9 Å². The fourth-order valence-corrected chi connectivity index (χ4v) is 1.86. The molecule has 0 saturated carbocycles. The minimum atomic E-state index is -0.974. The van der Waals surface area contributed by atoms with Crippen molar-refractivity contribution in [2.24, 2.45) is 11.8 Å². The number of benzene rings is 1. The number of aryl methyl sites for hydroxylation is 1. The molecule has 1 aromatic rings. The maximum atomic E-state index is 11.6. The molecule has 0 saturated heterocycles. The van der Waals surface area contributed by atoms with E-state index in [4.69, 9.17) is 5.11 Å². The zero-order chi connectivity index (χ0) is 13.5. The lowest BCUT2D eigenvalue weighted by molar-refractivity contribution is -0.155. The second kappa shape index (κ2) is 6.79. The van der Waals surface area contributed by atoms with Crippen molar-refractivity contribution < 1.29 is 19.4 Å². The number of esters is 1. The van der Waals surface area contributed by atoms with Gasteiger partial charge in [0.1, 0.15) is 0 Å². The molecule has 2 atom stereocenters. The van der Waals surface area contributed by atoms with Gasteiger partial charge in [0.05, 0.1) is 18.9 Å². The third-order valence-electron chi connectivity index (χ3n) is 3.08. The Morgan fingerprint density at radius 3 is 2.39 bits per heavy atom. The van der Waals surface area contributed by atoms with Crippen molar-refractivity contribution in [3.8, 4) is 0 Å². The number of ether oxygens (including phenoxy) is 1. The van der Waals surface area contributed by atoms with Crippen molar-refractivity contribution in [2.75, 3.05) is 7.11 Å². The topological polar surface area (TPSA) is 63.6 Å². The monoisotopic (exact) mass is 250 g/mol. The van der Waals surface area contributed by atoms with Crippen LogP contribution in [0.3, 0.4) is 0 Å². The van der Waals surface area contributed by atoms with Crippen LogP contribution in [0, 0.1) is 11.8 Å². The summed E-state index contributed by atoms with van der Waals surface area (Å²) in [6, 6.07) is 9.67. The van der Waals surface area contributed by atoms with Crippen LogP contribution in [0.4, 0.5) is 0 Å². The van der Waals surface area contributed by atoms with Crippen molar-refractivity contribution in [3.63, 3.8) is 0 Å². The quantitative estimate of drug-likeness (QED) is 0.785. The van der Waals surface area contributed by atoms with Gasteiger partial charge in [-0.15, -0.1) is 0 Å². The van der Waals surface area contributed by atoms with E-state index in [1.165, 1.54) is 14.0 Å². The van der Waals surface area contributed by atoms with Crippen LogP contribution in [0.5, 0.6) is 0 Å². The highest BCUT2D eigenvalue weighted by atomic mass is 16.5. The molecule has 98 valence electrons. The molecule has 0 heterocycles. The van der Waals surface area contributed by atoms with Crippen LogP contribution in [0.15, 0.2) is 30.3 Å². The minimum absolute atomic E-state index is 0.458. The van der Waals surface area contributed by atoms with Gasteiger partial charge in [0.25, 0.3) is 0 Å². The van der Waals surface area contributed by atoms with Gasteiger partial charge in [0.15, 0.2) is 0 Å². The summed E-state index contributed by atoms with van der Waals surface area (Å²) in [5.41, 5.74) is 1.09. The van der Waals surface area contributed by atoms with Crippen LogP contribution < -0.4 is 0 Å². The van der Waals surface area contributed by atoms with Gasteiger partial charge in [0.2, 0.25) is 0 Å². The molecule has 0 radical (unpaired) electrons. The van der Waals surface area contributed by atoms with E-state index < -0.39 is 23.8 Å². The average molecular weight is 250 g/mol. The molecule has 1 N–H and O–H groups in total. The normalized spacial score (nSPS) is 13.7. The van der Waals surface area contributed by atoms with Gasteiger partial charge in [-0.05, 0) is 18.4 Å². The molecule has 4 nitrogen and oxygen atoms in total. The molecule has 0 fully saturated rings. The highest BCUT2D eigenvalue weighted by Crippen LogP contribution is 2.20. The van der Waals surface area contributed by atoms with Crippen LogP contribution in [0.1, 0.15) is 18.9 Å². The summed E-state index contributed by atoms with van der Waals surface area (Å²) >= 11 is 0. The van der Waals surface area contributed by atoms with Gasteiger partial charge in [-0.3, -0.25) is 9.59 Å². The van der Waals surface area contributed by atoms with E-state index in [0.717, 1.165) is 5.56 Å². The lowest BCUT2D eigenvalue weighted by Gasteiger charge is -2.18. The number of carbonyl (C=O) groups excluding carboxylic acids is 1. The maximum absolute atomic E-state index is 11.6. The Hall–Kier alpha value is -1.84. The highest BCUT2D eigenvalue weighted by Gasteiger charge is 2.30. The first-order valence-electron chi connectivity index (χ1n) is 5.90. The predicted molar refractivity (Wildman–Crippen MR) is 67.1 cm³/mol. The number of carboxylic acids is 1. The molecule has 0 aliphatic rings. The Balaban J connectivity index is 2.68. The van der Waals surface area contributed by atoms with E-state index in [-0.39, 0.29) is 0 Å². The first-order chi connectivity index (χ1) is 8.56. The summed E-state index contributed by atoms with van der Waals surface area (Å²) in [5.74, 6) is -2.77. The smallest absolute Gasteiger partial charge is 0.309 e. The molecule has 0 aliphatic heterocycles. The van der Waals surface area contributed by atoms with Crippen LogP contribution in [0.2, 0.25) is 0 Å². The molecule has 0 bridgehead atoms. The summed E-state index contributed by atoms with van der Waals surface area (Å²) in [6.45, 7) is 1.54. The first kappa shape index (κ1) is 14.2. The zero-order valence-corrected chi connectivity index (χ0v) is 10.6. The number of aliphatic carboxylic acids is 1. The Kier molecular flexibility index (Phi) is 5.36. The van der Waals surface area contributed by atoms with Gasteiger partial charge in [-0.2, -0.15) is 0 Å². The van der Waals surface area contributed by atoms with Crippen LogP contribution in [0.25, 0.3) is 0 Å². The Morgan fingerprint density at radius 2 is 1.89 bits per heavy atom. The number of rotatable bonds is 6. The van der Waals surface area contributed by atoms with Crippen molar-refractivity contribution in [1.82, 2.24) is 0 Å². The van der Waals surface area contributed by atoms with Gasteiger partial charge < -0.3 is 9.84 Å². The minimum Gasteiger partial charge on any atom is -0.481 e. The number of carboxylic acid groups (broad SMARTS) is 1. The largest absolute Gasteiger partial charge is 0.481 e. The summed E-state index contributed by atoms with van der Waals surface area (Å²) in [4.78, 5) is 22.6. The third kappa shape index (κ3) is 3.87. The SMILES string of the molecule is COC(=O)C(CCc1ccccc1)[C@@H](C)C(=O)O. The molecule has 1 aromatic carbocycles. The second-order valence-corrected chi connectivity index (χ2v) is 4.28. The fraction of sp³-hybridized carbons (Fsp3) is 0.429. The Morgan fingerprint density at radius 1 is 1.28 bits per heavy atom. The second-order valence-electron chi connectivity index (χ2n) is 4.28. The van der Waals surface area contributed by atoms with Crippen LogP contribution >= 0.6 is 0 Å². The molecular weight excluding hydrogens is 232 g/mol. The average Bonchev–Trinajstić information content (AvgIpc) is 2.39. The molecule has 0 aliphatic carbocycles. The standard InChI is InChI=1S/C14H18O4/c1-10(13(15)16)12(14(17)18-2)9-8-11-6-4-3-5-7-11/h3-7,10,12H,8-9H2,1-2H3,(H,15,16)/t10-,12?/m1/s1. The number of methoxy groups -OCH3 is 1. The Bertz CT molecular complexity index is 400. The molecular formula is C14H18O4. The summed E-state index contributed by atoms with van der Waals surface area (Å²) in [6.07, 6.45) is 1.14. The summed E-state index contributed by atoms with van der Waals surface area (Å²) < 4.78 is 4.67. The van der Waals surface area contributed by atoms with Crippen molar-refractivity contribution in [2.45, 2.75) is 19.8 Å². The zero-order valence-electron chi connectivity index (χ0n) is 10.6. The number of hydrogen-bond acceptors (Lipinski definition) is 3. The van der Waals surface area contributed by atoms with Gasteiger partial charge in [-0.1, -0.05) is 37.3 Å². The summed E-state index contributed by atoms with van der Waals surface area (Å²) in [7, 11) is 1.28. The predicted octanol–water partition coefficient (Wildman–Crippen LogP) is 2.13. The van der Waals surface area contributed by atoms with Crippen molar-refractivity contribution in [1.29, 1.82) is 0 Å². The van der Waals surface area contributed by atoms with E-state index in [9.17, 15) is 9.59 Å². The molecule has 4 heteroatoms. The molecule has 1 rings (SSSR count). The third-order valence-corrected chi connectivity index (χ3v) is 3.08. The lowest BCUT2D eigenvalue weighted by atomic mass is 9.88.